The molecule has 118 valence electrons. The third kappa shape index (κ3) is 1.59. The van der Waals surface area contributed by atoms with Crippen molar-refractivity contribution in [1.29, 1.82) is 0 Å². The maximum absolute atomic E-state index is 13.9. The molecule has 0 amide bonds. The van der Waals surface area contributed by atoms with Crippen molar-refractivity contribution in [1.82, 2.24) is 0 Å². The highest BCUT2D eigenvalue weighted by Crippen LogP contribution is 2.63. The average Bonchev–Trinajstić information content (AvgIpc) is 2.78. The molecule has 1 aliphatic rings. The lowest BCUT2D eigenvalue weighted by atomic mass is 9.98. The van der Waals surface area contributed by atoms with Crippen LogP contribution in [0, 0.1) is 6.92 Å². The number of allylic oxidation sites excluding steroid dienone is 2. The molecular formula is C14H7F7S. The van der Waals surface area contributed by atoms with Crippen LogP contribution in [-0.4, -0.2) is 17.8 Å². The molecule has 8 heteroatoms. The second kappa shape index (κ2) is 4.24. The van der Waals surface area contributed by atoms with Crippen LogP contribution in [0.25, 0.3) is 15.7 Å². The Morgan fingerprint density at radius 2 is 1.50 bits per heavy atom. The van der Waals surface area contributed by atoms with Gasteiger partial charge in [-0.2, -0.15) is 26.3 Å². The van der Waals surface area contributed by atoms with E-state index in [-0.39, 0.29) is 10.3 Å². The van der Waals surface area contributed by atoms with Gasteiger partial charge in [0.1, 0.15) is 0 Å². The summed E-state index contributed by atoms with van der Waals surface area (Å²) >= 11 is 0.945. The summed E-state index contributed by atoms with van der Waals surface area (Å²) in [5, 5.41) is 0.0447. The minimum absolute atomic E-state index is 0.0447. The van der Waals surface area contributed by atoms with Gasteiger partial charge >= 0.3 is 17.8 Å². The first-order valence-electron chi connectivity index (χ1n) is 6.06. The first-order chi connectivity index (χ1) is 10.0. The highest BCUT2D eigenvalue weighted by atomic mass is 32.1. The number of hydrogen-bond donors (Lipinski definition) is 0. The fraction of sp³-hybridized carbons (Fsp3) is 0.286. The van der Waals surface area contributed by atoms with Gasteiger partial charge in [0.25, 0.3) is 0 Å². The van der Waals surface area contributed by atoms with Gasteiger partial charge in [0.15, 0.2) is 5.83 Å². The molecule has 0 unspecified atom stereocenters. The molecule has 1 aliphatic carbocycles. The van der Waals surface area contributed by atoms with Gasteiger partial charge in [-0.25, -0.2) is 4.39 Å². The first-order valence-corrected chi connectivity index (χ1v) is 6.87. The molecule has 0 aliphatic heterocycles. The summed E-state index contributed by atoms with van der Waals surface area (Å²) in [5.74, 6) is -19.4. The Morgan fingerprint density at radius 3 is 2.05 bits per heavy atom. The summed E-state index contributed by atoms with van der Waals surface area (Å²) in [4.78, 5) is 0.0690. The van der Waals surface area contributed by atoms with Crippen LogP contribution in [0.2, 0.25) is 0 Å². The van der Waals surface area contributed by atoms with E-state index in [1.54, 1.807) is 6.07 Å². The summed E-state index contributed by atoms with van der Waals surface area (Å²) < 4.78 is 95.3. The van der Waals surface area contributed by atoms with Crippen molar-refractivity contribution in [2.45, 2.75) is 24.7 Å². The maximum Gasteiger partial charge on any atom is 0.383 e. The zero-order chi connectivity index (χ0) is 16.5. The molecule has 1 aromatic heterocycles. The van der Waals surface area contributed by atoms with Crippen LogP contribution in [0.5, 0.6) is 0 Å². The lowest BCUT2D eigenvalue weighted by Crippen LogP contribution is -2.48. The van der Waals surface area contributed by atoms with Gasteiger partial charge in [0.2, 0.25) is 0 Å². The van der Waals surface area contributed by atoms with Crippen LogP contribution in [0.3, 0.4) is 0 Å². The molecule has 2 aromatic rings. The van der Waals surface area contributed by atoms with E-state index in [0.29, 0.717) is 4.70 Å². The zero-order valence-corrected chi connectivity index (χ0v) is 11.7. The van der Waals surface area contributed by atoms with Crippen molar-refractivity contribution in [3.8, 4) is 0 Å². The van der Waals surface area contributed by atoms with E-state index in [0.717, 1.165) is 11.3 Å². The number of fused-ring (bicyclic) bond motifs is 1. The van der Waals surface area contributed by atoms with Crippen molar-refractivity contribution in [3.05, 3.63) is 40.5 Å². The predicted molar refractivity (Wildman–Crippen MR) is 69.4 cm³/mol. The van der Waals surface area contributed by atoms with Gasteiger partial charge in [-0.15, -0.1) is 11.3 Å². The van der Waals surface area contributed by atoms with Gasteiger partial charge in [0.05, 0.1) is 5.57 Å². The summed E-state index contributed by atoms with van der Waals surface area (Å²) in [6, 6.07) is 5.82. The number of thiophene rings is 1. The molecule has 1 aromatic carbocycles. The summed E-state index contributed by atoms with van der Waals surface area (Å²) in [7, 11) is 0. The lowest BCUT2D eigenvalue weighted by Gasteiger charge is -2.24. The number of halogens is 7. The van der Waals surface area contributed by atoms with Crippen molar-refractivity contribution in [2.24, 2.45) is 0 Å². The smallest absolute Gasteiger partial charge is 0.204 e. The molecule has 22 heavy (non-hydrogen) atoms. The standard InChI is InChI=1S/C14H7F7S/c1-6-9(7-4-2-3-5-8(7)22-6)10-11(15)13(18,19)14(20,21)12(10,16)17/h2-5H,1H3. The molecule has 0 radical (unpaired) electrons. The molecule has 1 heterocycles. The Kier molecular flexibility index (Phi) is 2.96. The van der Waals surface area contributed by atoms with Crippen LogP contribution < -0.4 is 0 Å². The highest BCUT2D eigenvalue weighted by molar-refractivity contribution is 7.19. The SMILES string of the molecule is Cc1sc2ccccc2c1C1=C(F)C(F)(F)C(F)(F)C1(F)F. The van der Waals surface area contributed by atoms with Crippen molar-refractivity contribution < 1.29 is 30.7 Å². The molecule has 0 atom stereocenters. The molecule has 0 bridgehead atoms. The van der Waals surface area contributed by atoms with Gasteiger partial charge in [0, 0.05) is 20.5 Å². The molecular weight excluding hydrogens is 333 g/mol. The normalized spacial score (nSPS) is 22.5. The number of hydrogen-bond acceptors (Lipinski definition) is 1. The lowest BCUT2D eigenvalue weighted by molar-refractivity contribution is -0.263. The van der Waals surface area contributed by atoms with Gasteiger partial charge in [-0.3, -0.25) is 0 Å². The predicted octanol–water partition coefficient (Wildman–Crippen LogP) is 5.81. The molecule has 0 saturated carbocycles. The minimum Gasteiger partial charge on any atom is -0.204 e. The maximum atomic E-state index is 13.9. The molecule has 3 rings (SSSR count). The first kappa shape index (κ1) is 15.3. The Morgan fingerprint density at radius 1 is 0.909 bits per heavy atom. The van der Waals surface area contributed by atoms with Crippen LogP contribution in [-0.2, 0) is 0 Å². The number of benzene rings is 1. The van der Waals surface area contributed by atoms with Gasteiger partial charge in [-0.05, 0) is 13.0 Å². The van der Waals surface area contributed by atoms with Crippen LogP contribution >= 0.6 is 11.3 Å². The second-order valence-corrected chi connectivity index (χ2v) is 6.20. The third-order valence-electron chi connectivity index (χ3n) is 3.62. The van der Waals surface area contributed by atoms with E-state index in [1.165, 1.54) is 25.1 Å². The summed E-state index contributed by atoms with van der Waals surface area (Å²) in [6.07, 6.45) is 0. The van der Waals surface area contributed by atoms with E-state index < -0.39 is 34.7 Å². The number of rotatable bonds is 1. The summed E-state index contributed by atoms with van der Waals surface area (Å²) in [6.45, 7) is 1.30. The molecule has 0 fully saturated rings. The topological polar surface area (TPSA) is 0 Å². The van der Waals surface area contributed by atoms with E-state index in [9.17, 15) is 30.7 Å². The largest absolute Gasteiger partial charge is 0.383 e. The Bertz CT molecular complexity index is 801. The minimum atomic E-state index is -5.81. The van der Waals surface area contributed by atoms with Crippen LogP contribution in [0.4, 0.5) is 30.7 Å². The van der Waals surface area contributed by atoms with E-state index in [4.69, 9.17) is 0 Å². The average molecular weight is 340 g/mol. The fourth-order valence-electron chi connectivity index (χ4n) is 2.53. The summed E-state index contributed by atoms with van der Waals surface area (Å²) in [5.41, 5.74) is -2.50. The monoisotopic (exact) mass is 340 g/mol. The van der Waals surface area contributed by atoms with E-state index in [2.05, 4.69) is 0 Å². The second-order valence-electron chi connectivity index (χ2n) is 4.94. The zero-order valence-electron chi connectivity index (χ0n) is 10.9. The van der Waals surface area contributed by atoms with Crippen molar-refractivity contribution in [3.63, 3.8) is 0 Å². The molecule has 0 nitrogen and oxygen atoms in total. The van der Waals surface area contributed by atoms with Gasteiger partial charge in [-0.1, -0.05) is 18.2 Å². The van der Waals surface area contributed by atoms with Crippen LogP contribution in [0.1, 0.15) is 10.4 Å². The van der Waals surface area contributed by atoms with Crippen LogP contribution in [0.15, 0.2) is 30.1 Å². The number of alkyl halides is 6. The van der Waals surface area contributed by atoms with Gasteiger partial charge < -0.3 is 0 Å². The Labute approximate surface area is 123 Å². The van der Waals surface area contributed by atoms with Crippen molar-refractivity contribution in [2.75, 3.05) is 0 Å². The van der Waals surface area contributed by atoms with E-state index in [1.807, 2.05) is 0 Å². The molecule has 0 saturated heterocycles. The third-order valence-corrected chi connectivity index (χ3v) is 4.71. The van der Waals surface area contributed by atoms with E-state index >= 15 is 0 Å². The van der Waals surface area contributed by atoms with Crippen molar-refractivity contribution >= 4 is 27.0 Å². The Hall–Kier alpha value is -1.57. The fourth-order valence-corrected chi connectivity index (χ4v) is 3.60. The number of aryl methyl sites for hydroxylation is 1. The Balaban J connectivity index is 2.40. The molecule has 0 N–H and O–H groups in total. The quantitative estimate of drug-likeness (QED) is 0.575. The molecule has 0 spiro atoms. The highest BCUT2D eigenvalue weighted by Gasteiger charge is 2.81.